The Kier molecular flexibility index (Phi) is 6.67. The number of aryl methyl sites for hydroxylation is 1. The van der Waals surface area contributed by atoms with Crippen LogP contribution in [0.1, 0.15) is 29.9 Å². The lowest BCUT2D eigenvalue weighted by Gasteiger charge is -2.12. The van der Waals surface area contributed by atoms with Gasteiger partial charge in [0.05, 0.1) is 11.8 Å². The Bertz CT molecular complexity index is 1070. The second-order valence-corrected chi connectivity index (χ2v) is 8.53. The Labute approximate surface area is 190 Å². The van der Waals surface area contributed by atoms with E-state index in [2.05, 4.69) is 15.5 Å². The van der Waals surface area contributed by atoms with Crippen LogP contribution in [0, 0.1) is 6.92 Å². The van der Waals surface area contributed by atoms with Crippen LogP contribution in [-0.4, -0.2) is 33.0 Å². The molecule has 4 rings (SSSR count). The summed E-state index contributed by atoms with van der Waals surface area (Å²) in [6.07, 6.45) is 0. The Morgan fingerprint density at radius 3 is 2.87 bits per heavy atom. The van der Waals surface area contributed by atoms with Gasteiger partial charge in [0.15, 0.2) is 11.0 Å². The lowest BCUT2D eigenvalue weighted by Crippen LogP contribution is -2.30. The molecule has 1 aliphatic rings. The number of halogens is 1. The molecule has 0 saturated heterocycles. The molecule has 9 heteroatoms. The van der Waals surface area contributed by atoms with Gasteiger partial charge in [-0.05, 0) is 44.2 Å². The standard InChI is InChI=1S/C22H23ClN4O3S/c1-3-27-20(12-29-16-7-4-14(2)5-8-16)25-26-22(27)31-13-21(28)24-18-11-30-19-9-6-15(23)10-17(18)19/h4-10,18H,3,11-13H2,1-2H3,(H,24,28)/t18-/m1/s1. The van der Waals surface area contributed by atoms with Gasteiger partial charge in [-0.2, -0.15) is 0 Å². The van der Waals surface area contributed by atoms with Crippen LogP contribution in [-0.2, 0) is 17.9 Å². The number of amides is 1. The minimum Gasteiger partial charge on any atom is -0.491 e. The van der Waals surface area contributed by atoms with Crippen molar-refractivity contribution >= 4 is 29.3 Å². The Balaban J connectivity index is 1.33. The van der Waals surface area contributed by atoms with Crippen molar-refractivity contribution in [1.82, 2.24) is 20.1 Å². The quantitative estimate of drug-likeness (QED) is 0.510. The van der Waals surface area contributed by atoms with Crippen molar-refractivity contribution in [2.24, 2.45) is 0 Å². The highest BCUT2D eigenvalue weighted by molar-refractivity contribution is 7.99. The fourth-order valence-electron chi connectivity index (χ4n) is 3.30. The molecule has 31 heavy (non-hydrogen) atoms. The predicted octanol–water partition coefficient (Wildman–Crippen LogP) is 4.18. The number of ether oxygens (including phenoxy) is 2. The molecule has 1 N–H and O–H groups in total. The number of nitrogens with zero attached hydrogens (tertiary/aromatic N) is 3. The van der Waals surface area contributed by atoms with Gasteiger partial charge in [-0.3, -0.25) is 4.79 Å². The largest absolute Gasteiger partial charge is 0.491 e. The first kappa shape index (κ1) is 21.5. The maximum atomic E-state index is 12.5. The highest BCUT2D eigenvalue weighted by Gasteiger charge is 2.26. The van der Waals surface area contributed by atoms with Gasteiger partial charge in [0, 0.05) is 17.1 Å². The zero-order valence-electron chi connectivity index (χ0n) is 17.3. The highest BCUT2D eigenvalue weighted by Crippen LogP contribution is 2.34. The van der Waals surface area contributed by atoms with Crippen LogP contribution in [0.15, 0.2) is 47.6 Å². The summed E-state index contributed by atoms with van der Waals surface area (Å²) in [5.74, 6) is 2.38. The first-order chi connectivity index (χ1) is 15.0. The summed E-state index contributed by atoms with van der Waals surface area (Å²) in [5, 5.41) is 12.8. The molecule has 1 atom stereocenters. The van der Waals surface area contributed by atoms with Crippen molar-refractivity contribution in [3.63, 3.8) is 0 Å². The Morgan fingerprint density at radius 2 is 2.10 bits per heavy atom. The summed E-state index contributed by atoms with van der Waals surface area (Å²) in [4.78, 5) is 12.5. The van der Waals surface area contributed by atoms with Gasteiger partial charge in [0.2, 0.25) is 5.91 Å². The Hall–Kier alpha value is -2.71. The van der Waals surface area contributed by atoms with E-state index in [1.807, 2.05) is 54.8 Å². The van der Waals surface area contributed by atoms with Crippen LogP contribution in [0.4, 0.5) is 0 Å². The van der Waals surface area contributed by atoms with Gasteiger partial charge in [-0.1, -0.05) is 41.1 Å². The van der Waals surface area contributed by atoms with Gasteiger partial charge < -0.3 is 19.4 Å². The number of carbonyl (C=O) groups excluding carboxylic acids is 1. The van der Waals surface area contributed by atoms with Crippen LogP contribution < -0.4 is 14.8 Å². The van der Waals surface area contributed by atoms with E-state index in [1.54, 1.807) is 6.07 Å². The zero-order valence-corrected chi connectivity index (χ0v) is 18.9. The van der Waals surface area contributed by atoms with Gasteiger partial charge in [0.1, 0.15) is 24.7 Å². The number of benzene rings is 2. The SMILES string of the molecule is CCn1c(COc2ccc(C)cc2)nnc1SCC(=O)N[C@@H]1COc2ccc(Cl)cc21. The minimum atomic E-state index is -0.204. The lowest BCUT2D eigenvalue weighted by atomic mass is 10.1. The van der Waals surface area contributed by atoms with Crippen molar-refractivity contribution in [1.29, 1.82) is 0 Å². The number of aromatic nitrogens is 3. The van der Waals surface area contributed by atoms with Gasteiger partial charge in [-0.25, -0.2) is 0 Å². The summed E-state index contributed by atoms with van der Waals surface area (Å²) >= 11 is 7.42. The molecule has 0 radical (unpaired) electrons. The number of carbonyl (C=O) groups is 1. The highest BCUT2D eigenvalue weighted by atomic mass is 35.5. The molecule has 2 heterocycles. The van der Waals surface area contributed by atoms with Crippen molar-refractivity contribution in [3.05, 3.63) is 64.4 Å². The monoisotopic (exact) mass is 458 g/mol. The topological polar surface area (TPSA) is 78.3 Å². The van der Waals surface area contributed by atoms with Crippen LogP contribution in [0.5, 0.6) is 11.5 Å². The van der Waals surface area contributed by atoms with Crippen molar-refractivity contribution in [2.75, 3.05) is 12.4 Å². The second-order valence-electron chi connectivity index (χ2n) is 7.15. The normalized spacial score (nSPS) is 14.7. The zero-order chi connectivity index (χ0) is 21.8. The van der Waals surface area contributed by atoms with E-state index in [4.69, 9.17) is 21.1 Å². The summed E-state index contributed by atoms with van der Waals surface area (Å²) in [5.41, 5.74) is 2.08. The van der Waals surface area contributed by atoms with E-state index in [-0.39, 0.29) is 17.7 Å². The second kappa shape index (κ2) is 9.62. The van der Waals surface area contributed by atoms with Crippen LogP contribution in [0.25, 0.3) is 0 Å². The van der Waals surface area contributed by atoms with Crippen LogP contribution in [0.2, 0.25) is 5.02 Å². The molecule has 1 aliphatic heterocycles. The van der Waals surface area contributed by atoms with Gasteiger partial charge in [-0.15, -0.1) is 10.2 Å². The molecule has 0 saturated carbocycles. The molecule has 7 nitrogen and oxygen atoms in total. The number of hydrogen-bond acceptors (Lipinski definition) is 6. The summed E-state index contributed by atoms with van der Waals surface area (Å²) in [7, 11) is 0. The summed E-state index contributed by atoms with van der Waals surface area (Å²) in [6.45, 7) is 5.45. The summed E-state index contributed by atoms with van der Waals surface area (Å²) < 4.78 is 13.4. The molecule has 1 aromatic heterocycles. The van der Waals surface area contributed by atoms with Crippen LogP contribution in [0.3, 0.4) is 0 Å². The fourth-order valence-corrected chi connectivity index (χ4v) is 4.32. The van der Waals surface area contributed by atoms with E-state index in [1.165, 1.54) is 17.3 Å². The van der Waals surface area contributed by atoms with E-state index in [0.717, 1.165) is 22.9 Å². The number of nitrogens with one attached hydrogen (secondary N) is 1. The van der Waals surface area contributed by atoms with Gasteiger partial charge in [0.25, 0.3) is 0 Å². The number of hydrogen-bond donors (Lipinski definition) is 1. The molecule has 0 fully saturated rings. The fraction of sp³-hybridized carbons (Fsp3) is 0.318. The first-order valence-corrected chi connectivity index (χ1v) is 11.4. The smallest absolute Gasteiger partial charge is 0.231 e. The molecule has 1 amide bonds. The van der Waals surface area contributed by atoms with E-state index >= 15 is 0 Å². The maximum Gasteiger partial charge on any atom is 0.231 e. The molecular weight excluding hydrogens is 436 g/mol. The maximum absolute atomic E-state index is 12.5. The number of fused-ring (bicyclic) bond motifs is 1. The number of thioether (sulfide) groups is 1. The Morgan fingerprint density at radius 1 is 1.29 bits per heavy atom. The third kappa shape index (κ3) is 5.14. The van der Waals surface area contributed by atoms with E-state index in [0.29, 0.717) is 29.9 Å². The molecule has 0 bridgehead atoms. The van der Waals surface area contributed by atoms with E-state index in [9.17, 15) is 4.79 Å². The molecular formula is C22H23ClN4O3S. The third-order valence-electron chi connectivity index (χ3n) is 4.92. The average molecular weight is 459 g/mol. The molecule has 2 aromatic carbocycles. The van der Waals surface area contributed by atoms with Crippen molar-refractivity contribution < 1.29 is 14.3 Å². The molecule has 0 aliphatic carbocycles. The minimum absolute atomic E-state index is 0.102. The van der Waals surface area contributed by atoms with Crippen LogP contribution >= 0.6 is 23.4 Å². The first-order valence-electron chi connectivity index (χ1n) is 9.99. The average Bonchev–Trinajstić information content (AvgIpc) is 3.35. The van der Waals surface area contributed by atoms with Crippen molar-refractivity contribution in [2.45, 2.75) is 38.2 Å². The molecule has 0 unspecified atom stereocenters. The lowest BCUT2D eigenvalue weighted by molar-refractivity contribution is -0.119. The van der Waals surface area contributed by atoms with Gasteiger partial charge >= 0.3 is 0 Å². The number of rotatable bonds is 8. The molecule has 0 spiro atoms. The van der Waals surface area contributed by atoms with Crippen molar-refractivity contribution in [3.8, 4) is 11.5 Å². The molecule has 162 valence electrons. The predicted molar refractivity (Wildman–Crippen MR) is 120 cm³/mol. The van der Waals surface area contributed by atoms with E-state index < -0.39 is 0 Å². The third-order valence-corrected chi connectivity index (χ3v) is 6.12. The summed E-state index contributed by atoms with van der Waals surface area (Å²) in [6, 6.07) is 13.1. The molecule has 3 aromatic rings.